The second-order valence-corrected chi connectivity index (χ2v) is 6.71. The molecule has 1 aliphatic rings. The molecule has 0 fully saturated rings. The van der Waals surface area contributed by atoms with Gasteiger partial charge in [0.2, 0.25) is 0 Å². The first-order chi connectivity index (χ1) is 7.47. The molecule has 0 saturated carbocycles. The minimum Gasteiger partial charge on any atom is -0.383 e. The van der Waals surface area contributed by atoms with Gasteiger partial charge in [-0.3, -0.25) is 0 Å². The third-order valence-corrected chi connectivity index (χ3v) is 3.78. The van der Waals surface area contributed by atoms with Crippen molar-refractivity contribution in [3.63, 3.8) is 0 Å². The van der Waals surface area contributed by atoms with Crippen LogP contribution in [0.3, 0.4) is 0 Å². The number of anilines is 2. The Labute approximate surface area is 111 Å². The largest absolute Gasteiger partial charge is 0.383 e. The number of benzene rings is 1. The number of halogens is 1. The maximum Gasteiger partial charge on any atom is 0.0586 e. The van der Waals surface area contributed by atoms with Crippen LogP contribution in [-0.4, -0.2) is 12.6 Å². The van der Waals surface area contributed by atoms with Crippen molar-refractivity contribution in [3.8, 4) is 0 Å². The summed E-state index contributed by atoms with van der Waals surface area (Å²) in [5.74, 6) is 0. The lowest BCUT2D eigenvalue weighted by molar-refractivity contribution is 0.332. The summed E-state index contributed by atoms with van der Waals surface area (Å²) in [4.78, 5) is 0. The molecular formula is C13H19IN2. The molecule has 0 bridgehead atoms. The molecule has 88 valence electrons. The van der Waals surface area contributed by atoms with Crippen LogP contribution < -0.4 is 10.6 Å². The molecule has 1 aromatic rings. The van der Waals surface area contributed by atoms with Crippen molar-refractivity contribution in [2.75, 3.05) is 17.2 Å². The zero-order valence-corrected chi connectivity index (χ0v) is 12.3. The van der Waals surface area contributed by atoms with Crippen LogP contribution in [0.15, 0.2) is 18.2 Å². The Bertz CT molecular complexity index is 382. The van der Waals surface area contributed by atoms with Gasteiger partial charge in [0.1, 0.15) is 0 Å². The molecule has 3 heteroatoms. The Kier molecular flexibility index (Phi) is 3.33. The van der Waals surface area contributed by atoms with Crippen LogP contribution in [0.25, 0.3) is 0 Å². The van der Waals surface area contributed by atoms with Gasteiger partial charge in [0, 0.05) is 16.2 Å². The summed E-state index contributed by atoms with van der Waals surface area (Å²) in [6.07, 6.45) is 1.16. The van der Waals surface area contributed by atoms with Gasteiger partial charge in [0.05, 0.1) is 11.4 Å². The van der Waals surface area contributed by atoms with Gasteiger partial charge < -0.3 is 10.6 Å². The van der Waals surface area contributed by atoms with Crippen LogP contribution >= 0.6 is 22.6 Å². The van der Waals surface area contributed by atoms with Crippen molar-refractivity contribution in [1.82, 2.24) is 0 Å². The minimum atomic E-state index is 0.298. The van der Waals surface area contributed by atoms with Gasteiger partial charge >= 0.3 is 0 Å². The summed E-state index contributed by atoms with van der Waals surface area (Å²) in [5.41, 5.74) is 2.77. The Morgan fingerprint density at radius 1 is 1.25 bits per heavy atom. The molecule has 1 aromatic carbocycles. The van der Waals surface area contributed by atoms with Crippen molar-refractivity contribution in [3.05, 3.63) is 21.8 Å². The van der Waals surface area contributed by atoms with Gasteiger partial charge in [-0.15, -0.1) is 0 Å². The topological polar surface area (TPSA) is 24.1 Å². The Morgan fingerprint density at radius 3 is 2.69 bits per heavy atom. The Morgan fingerprint density at radius 2 is 2.00 bits per heavy atom. The smallest absolute Gasteiger partial charge is 0.0586 e. The summed E-state index contributed by atoms with van der Waals surface area (Å²) in [6.45, 7) is 7.93. The van der Waals surface area contributed by atoms with E-state index < -0.39 is 0 Å². The fourth-order valence-corrected chi connectivity index (χ4v) is 2.54. The highest BCUT2D eigenvalue weighted by molar-refractivity contribution is 14.1. The van der Waals surface area contributed by atoms with Gasteiger partial charge in [-0.25, -0.2) is 0 Å². The molecule has 1 unspecified atom stereocenters. The molecule has 16 heavy (non-hydrogen) atoms. The van der Waals surface area contributed by atoms with E-state index in [0.717, 1.165) is 13.0 Å². The second-order valence-electron chi connectivity index (χ2n) is 5.47. The Hall–Kier alpha value is -0.450. The molecule has 1 aliphatic heterocycles. The zero-order valence-electron chi connectivity index (χ0n) is 10.1. The van der Waals surface area contributed by atoms with E-state index >= 15 is 0 Å². The van der Waals surface area contributed by atoms with Crippen molar-refractivity contribution in [2.45, 2.75) is 33.2 Å². The van der Waals surface area contributed by atoms with Crippen molar-refractivity contribution in [2.24, 2.45) is 5.41 Å². The van der Waals surface area contributed by atoms with Crippen molar-refractivity contribution in [1.29, 1.82) is 0 Å². The van der Waals surface area contributed by atoms with Crippen LogP contribution in [0.2, 0.25) is 0 Å². The molecule has 0 saturated heterocycles. The van der Waals surface area contributed by atoms with Gasteiger partial charge in [-0.05, 0) is 52.6 Å². The van der Waals surface area contributed by atoms with E-state index in [1.165, 1.54) is 14.9 Å². The van der Waals surface area contributed by atoms with Gasteiger partial charge in [-0.2, -0.15) is 0 Å². The van der Waals surface area contributed by atoms with Crippen molar-refractivity contribution < 1.29 is 0 Å². The molecule has 0 aliphatic carbocycles. The molecule has 2 rings (SSSR count). The van der Waals surface area contributed by atoms with Crippen LogP contribution in [0.4, 0.5) is 11.4 Å². The van der Waals surface area contributed by atoms with Crippen LogP contribution in [0.5, 0.6) is 0 Å². The predicted octanol–water partition coefficient (Wildman–Crippen LogP) is 3.93. The third-order valence-electron chi connectivity index (χ3n) is 3.11. The number of hydrogen-bond acceptors (Lipinski definition) is 2. The number of fused-ring (bicyclic) bond motifs is 1. The normalized spacial score (nSPS) is 20.4. The first kappa shape index (κ1) is 12.0. The third kappa shape index (κ3) is 2.62. The highest BCUT2D eigenvalue weighted by Crippen LogP contribution is 2.32. The fraction of sp³-hybridized carbons (Fsp3) is 0.538. The molecule has 0 aromatic heterocycles. The maximum atomic E-state index is 3.66. The van der Waals surface area contributed by atoms with E-state index in [0.29, 0.717) is 11.5 Å². The molecule has 1 heterocycles. The van der Waals surface area contributed by atoms with E-state index in [2.05, 4.69) is 72.2 Å². The standard InChI is InChI=1S/C13H19IN2/c1-13(2,3)12-6-7-15-11-8-9(14)4-5-10(11)16-12/h4-5,8,12,15-16H,6-7H2,1-3H3. The summed E-state index contributed by atoms with van der Waals surface area (Å²) >= 11 is 2.35. The number of nitrogens with one attached hydrogen (secondary N) is 2. The molecule has 2 nitrogen and oxygen atoms in total. The van der Waals surface area contributed by atoms with Crippen molar-refractivity contribution >= 4 is 34.0 Å². The van der Waals surface area contributed by atoms with E-state index in [1.54, 1.807) is 0 Å². The molecule has 0 spiro atoms. The quantitative estimate of drug-likeness (QED) is 0.704. The average molecular weight is 330 g/mol. The lowest BCUT2D eigenvalue weighted by Crippen LogP contribution is -2.34. The van der Waals surface area contributed by atoms with Crippen LogP contribution in [0, 0.1) is 8.99 Å². The first-order valence-corrected chi connectivity index (χ1v) is 6.84. The number of rotatable bonds is 0. The summed E-state index contributed by atoms with van der Waals surface area (Å²) < 4.78 is 1.28. The summed E-state index contributed by atoms with van der Waals surface area (Å²) in [5, 5.41) is 7.16. The van der Waals surface area contributed by atoms with Crippen LogP contribution in [-0.2, 0) is 0 Å². The maximum absolute atomic E-state index is 3.66. The highest BCUT2D eigenvalue weighted by Gasteiger charge is 2.26. The molecule has 2 N–H and O–H groups in total. The highest BCUT2D eigenvalue weighted by atomic mass is 127. The lowest BCUT2D eigenvalue weighted by atomic mass is 9.85. The molecule has 0 amide bonds. The van der Waals surface area contributed by atoms with E-state index in [9.17, 15) is 0 Å². The minimum absolute atomic E-state index is 0.298. The average Bonchev–Trinajstić information content (AvgIpc) is 2.38. The summed E-state index contributed by atoms with van der Waals surface area (Å²) in [7, 11) is 0. The van der Waals surface area contributed by atoms with Gasteiger partial charge in [0.15, 0.2) is 0 Å². The fourth-order valence-electron chi connectivity index (χ4n) is 2.05. The SMILES string of the molecule is CC(C)(C)C1CCNc2cc(I)ccc2N1. The van der Waals surface area contributed by atoms with E-state index in [4.69, 9.17) is 0 Å². The molecular weight excluding hydrogens is 311 g/mol. The predicted molar refractivity (Wildman–Crippen MR) is 79.1 cm³/mol. The summed E-state index contributed by atoms with van der Waals surface area (Å²) in [6, 6.07) is 7.06. The van der Waals surface area contributed by atoms with Gasteiger partial charge in [-0.1, -0.05) is 20.8 Å². The van der Waals surface area contributed by atoms with Gasteiger partial charge in [0.25, 0.3) is 0 Å². The second kappa shape index (κ2) is 4.43. The van der Waals surface area contributed by atoms with E-state index in [-0.39, 0.29) is 0 Å². The number of hydrogen-bond donors (Lipinski definition) is 2. The lowest BCUT2D eigenvalue weighted by Gasteiger charge is -2.31. The zero-order chi connectivity index (χ0) is 11.8. The van der Waals surface area contributed by atoms with Crippen LogP contribution in [0.1, 0.15) is 27.2 Å². The first-order valence-electron chi connectivity index (χ1n) is 5.77. The van der Waals surface area contributed by atoms with E-state index in [1.807, 2.05) is 0 Å². The Balaban J connectivity index is 2.28. The molecule has 1 atom stereocenters. The monoisotopic (exact) mass is 330 g/mol. The molecule has 0 radical (unpaired) electrons.